The molecule has 18 heavy (non-hydrogen) atoms. The van der Waals surface area contributed by atoms with Gasteiger partial charge in [0.2, 0.25) is 0 Å². The molecule has 1 heterocycles. The van der Waals surface area contributed by atoms with Crippen molar-refractivity contribution in [2.75, 3.05) is 32.7 Å². The lowest BCUT2D eigenvalue weighted by Crippen LogP contribution is -2.33. The molecule has 0 saturated heterocycles. The highest BCUT2D eigenvalue weighted by Crippen LogP contribution is 2.30. The second-order valence-corrected chi connectivity index (χ2v) is 4.73. The summed E-state index contributed by atoms with van der Waals surface area (Å²) in [6.45, 7) is 6.05. The predicted octanol–water partition coefficient (Wildman–Crippen LogP) is 2.96. The third kappa shape index (κ3) is 5.87. The van der Waals surface area contributed by atoms with Gasteiger partial charge in [0.1, 0.15) is 0 Å². The molecule has 0 aromatic heterocycles. The third-order valence-corrected chi connectivity index (χ3v) is 3.16. The monoisotopic (exact) mass is 264 g/mol. The first-order valence-electron chi connectivity index (χ1n) is 6.73. The molecule has 0 saturated carbocycles. The smallest absolute Gasteiger partial charge is 0.317 e. The molecule has 2 nitrogen and oxygen atoms in total. The molecular weight excluding hydrogens is 241 g/mol. The van der Waals surface area contributed by atoms with Crippen LogP contribution in [0.5, 0.6) is 0 Å². The van der Waals surface area contributed by atoms with E-state index in [1.807, 2.05) is 0 Å². The molecule has 1 rings (SSSR count). The lowest BCUT2D eigenvalue weighted by Gasteiger charge is -2.27. The van der Waals surface area contributed by atoms with Crippen molar-refractivity contribution in [1.82, 2.24) is 10.2 Å². The van der Waals surface area contributed by atoms with Crippen LogP contribution in [0, 0.1) is 0 Å². The highest BCUT2D eigenvalue weighted by atomic mass is 19.4. The van der Waals surface area contributed by atoms with E-state index in [0.29, 0.717) is 13.1 Å². The quantitative estimate of drug-likeness (QED) is 0.562. The Labute approximate surface area is 107 Å². The van der Waals surface area contributed by atoms with Crippen molar-refractivity contribution in [2.24, 2.45) is 0 Å². The van der Waals surface area contributed by atoms with Crippen LogP contribution in [0.1, 0.15) is 32.6 Å². The van der Waals surface area contributed by atoms with E-state index in [-0.39, 0.29) is 12.0 Å². The van der Waals surface area contributed by atoms with Crippen molar-refractivity contribution >= 4 is 0 Å². The minimum Gasteiger partial charge on any atom is -0.317 e. The summed E-state index contributed by atoms with van der Waals surface area (Å²) in [5.41, 5.74) is -0.358. The Morgan fingerprint density at radius 3 is 2.61 bits per heavy atom. The fraction of sp³-hybridized carbons (Fsp3) is 0.846. The van der Waals surface area contributed by atoms with Crippen molar-refractivity contribution in [3.05, 3.63) is 11.6 Å². The maximum Gasteiger partial charge on any atom is 0.412 e. The van der Waals surface area contributed by atoms with Gasteiger partial charge in [0.05, 0.1) is 0 Å². The van der Waals surface area contributed by atoms with Gasteiger partial charge in [0.15, 0.2) is 0 Å². The van der Waals surface area contributed by atoms with E-state index in [9.17, 15) is 13.2 Å². The van der Waals surface area contributed by atoms with Crippen molar-refractivity contribution in [3.63, 3.8) is 0 Å². The number of rotatable bonds is 7. The van der Waals surface area contributed by atoms with Crippen LogP contribution in [0.25, 0.3) is 0 Å². The van der Waals surface area contributed by atoms with Crippen LogP contribution < -0.4 is 5.32 Å². The Morgan fingerprint density at radius 2 is 2.06 bits per heavy atom. The largest absolute Gasteiger partial charge is 0.412 e. The van der Waals surface area contributed by atoms with E-state index < -0.39 is 6.18 Å². The van der Waals surface area contributed by atoms with Gasteiger partial charge in [-0.05, 0) is 45.3 Å². The number of hydrogen-bond donors (Lipinski definition) is 1. The van der Waals surface area contributed by atoms with Gasteiger partial charge in [-0.3, -0.25) is 4.90 Å². The maximum absolute atomic E-state index is 12.4. The molecule has 0 amide bonds. The summed E-state index contributed by atoms with van der Waals surface area (Å²) in [6, 6.07) is 0. The molecule has 5 heteroatoms. The fourth-order valence-corrected chi connectivity index (χ4v) is 2.06. The molecule has 0 bridgehead atoms. The van der Waals surface area contributed by atoms with Crippen molar-refractivity contribution in [1.29, 1.82) is 0 Å². The highest BCUT2D eigenvalue weighted by molar-refractivity contribution is 5.12. The second-order valence-electron chi connectivity index (χ2n) is 4.73. The summed E-state index contributed by atoms with van der Waals surface area (Å²) in [6.07, 6.45) is 0.613. The zero-order chi connectivity index (χ0) is 13.4. The number of nitrogens with zero attached hydrogens (tertiary/aromatic N) is 1. The van der Waals surface area contributed by atoms with Crippen LogP contribution in [-0.2, 0) is 0 Å². The lowest BCUT2D eigenvalue weighted by atomic mass is 10.1. The van der Waals surface area contributed by atoms with Crippen molar-refractivity contribution in [3.8, 4) is 0 Å². The molecule has 0 atom stereocenters. The van der Waals surface area contributed by atoms with E-state index in [0.717, 1.165) is 38.9 Å². The Bertz CT molecular complexity index is 261. The van der Waals surface area contributed by atoms with Crippen molar-refractivity contribution < 1.29 is 13.2 Å². The first kappa shape index (κ1) is 15.5. The van der Waals surface area contributed by atoms with Crippen LogP contribution in [0.15, 0.2) is 11.6 Å². The van der Waals surface area contributed by atoms with Crippen LogP contribution in [-0.4, -0.2) is 43.8 Å². The van der Waals surface area contributed by atoms with Gasteiger partial charge in [-0.2, -0.15) is 13.2 Å². The van der Waals surface area contributed by atoms with Crippen LogP contribution in [0.4, 0.5) is 13.2 Å². The molecule has 1 aliphatic heterocycles. The van der Waals surface area contributed by atoms with Gasteiger partial charge >= 0.3 is 6.18 Å². The molecular formula is C13H23F3N2. The van der Waals surface area contributed by atoms with Gasteiger partial charge in [-0.1, -0.05) is 13.0 Å². The molecule has 1 N–H and O–H groups in total. The maximum atomic E-state index is 12.4. The van der Waals surface area contributed by atoms with E-state index >= 15 is 0 Å². The first-order chi connectivity index (χ1) is 8.54. The van der Waals surface area contributed by atoms with Crippen molar-refractivity contribution in [2.45, 2.75) is 38.8 Å². The summed E-state index contributed by atoms with van der Waals surface area (Å²) in [7, 11) is 0. The van der Waals surface area contributed by atoms with E-state index in [1.165, 1.54) is 6.08 Å². The summed E-state index contributed by atoms with van der Waals surface area (Å²) in [5.74, 6) is 0. The predicted molar refractivity (Wildman–Crippen MR) is 67.6 cm³/mol. The number of hydrogen-bond acceptors (Lipinski definition) is 2. The topological polar surface area (TPSA) is 15.3 Å². The molecule has 106 valence electrons. The van der Waals surface area contributed by atoms with Crippen LogP contribution in [0.2, 0.25) is 0 Å². The summed E-state index contributed by atoms with van der Waals surface area (Å²) >= 11 is 0. The average molecular weight is 264 g/mol. The molecule has 0 radical (unpaired) electrons. The van der Waals surface area contributed by atoms with Gasteiger partial charge in [-0.15, -0.1) is 0 Å². The molecule has 0 fully saturated rings. The van der Waals surface area contributed by atoms with E-state index in [4.69, 9.17) is 0 Å². The minimum atomic E-state index is -4.13. The Kier molecular flexibility index (Phi) is 6.71. The minimum absolute atomic E-state index is 0.136. The van der Waals surface area contributed by atoms with Crippen LogP contribution >= 0.6 is 0 Å². The zero-order valence-corrected chi connectivity index (χ0v) is 11.0. The number of alkyl halides is 3. The standard InChI is InChI=1S/C13H23F3N2/c1-2-7-17-8-3-4-9-18-10-5-12(6-11-18)13(14,15)16/h5,17H,2-4,6-11H2,1H3. The van der Waals surface area contributed by atoms with E-state index in [1.54, 1.807) is 0 Å². The second kappa shape index (κ2) is 7.79. The number of nitrogens with one attached hydrogen (secondary N) is 1. The zero-order valence-electron chi connectivity index (χ0n) is 11.0. The Balaban J connectivity index is 2.11. The first-order valence-corrected chi connectivity index (χ1v) is 6.73. The molecule has 0 unspecified atom stereocenters. The summed E-state index contributed by atoms with van der Waals surface area (Å²) in [4.78, 5) is 2.09. The normalized spacial score (nSPS) is 17.9. The Morgan fingerprint density at radius 1 is 1.28 bits per heavy atom. The van der Waals surface area contributed by atoms with Gasteiger partial charge in [-0.25, -0.2) is 0 Å². The van der Waals surface area contributed by atoms with Gasteiger partial charge in [0, 0.05) is 18.7 Å². The number of unbranched alkanes of at least 4 members (excludes halogenated alkanes) is 1. The molecule has 0 spiro atoms. The average Bonchev–Trinajstić information content (AvgIpc) is 2.33. The SMILES string of the molecule is CCCNCCCCN1CC=C(C(F)(F)F)CC1. The molecule has 0 aromatic rings. The van der Waals surface area contributed by atoms with E-state index in [2.05, 4.69) is 17.1 Å². The summed E-state index contributed by atoms with van der Waals surface area (Å²) < 4.78 is 37.2. The third-order valence-electron chi connectivity index (χ3n) is 3.16. The van der Waals surface area contributed by atoms with Gasteiger partial charge < -0.3 is 5.32 Å². The Hall–Kier alpha value is -0.550. The van der Waals surface area contributed by atoms with Gasteiger partial charge in [0.25, 0.3) is 0 Å². The fourth-order valence-electron chi connectivity index (χ4n) is 2.06. The molecule has 0 aromatic carbocycles. The molecule has 0 aliphatic carbocycles. The lowest BCUT2D eigenvalue weighted by molar-refractivity contribution is -0.0960. The molecule has 1 aliphatic rings. The highest BCUT2D eigenvalue weighted by Gasteiger charge is 2.34. The van der Waals surface area contributed by atoms with Crippen LogP contribution in [0.3, 0.4) is 0 Å². The number of halogens is 3. The summed E-state index contributed by atoms with van der Waals surface area (Å²) in [5, 5.41) is 3.32.